The molecule has 1 fully saturated rings. The molecule has 0 spiro atoms. The van der Waals surface area contributed by atoms with Crippen molar-refractivity contribution in [3.8, 4) is 0 Å². The van der Waals surface area contributed by atoms with Gasteiger partial charge in [0, 0.05) is 11.2 Å². The molecule has 2 rings (SSSR count). The van der Waals surface area contributed by atoms with Gasteiger partial charge in [0.15, 0.2) is 0 Å². The Balaban J connectivity index is 2.40. The van der Waals surface area contributed by atoms with Gasteiger partial charge in [-0.05, 0) is 34.1 Å². The lowest BCUT2D eigenvalue weighted by molar-refractivity contribution is -0.134. The third-order valence-corrected chi connectivity index (χ3v) is 4.79. The zero-order valence-corrected chi connectivity index (χ0v) is 10.7. The maximum Gasteiger partial charge on any atom is 0.227 e. The second-order valence-electron chi connectivity index (χ2n) is 5.34. The smallest absolute Gasteiger partial charge is 0.227 e. The van der Waals surface area contributed by atoms with E-state index in [1.54, 1.807) is 0 Å². The molecular formula is C12H19NOS. The lowest BCUT2D eigenvalue weighted by atomic mass is 9.98. The van der Waals surface area contributed by atoms with Gasteiger partial charge < -0.3 is 4.90 Å². The fourth-order valence-electron chi connectivity index (χ4n) is 2.82. The van der Waals surface area contributed by atoms with Gasteiger partial charge in [-0.2, -0.15) is 0 Å². The predicted octanol–water partition coefficient (Wildman–Crippen LogP) is 2.80. The number of thioether (sulfide) groups is 1. The highest BCUT2D eigenvalue weighted by molar-refractivity contribution is 8.02. The molecule has 84 valence electrons. The molecule has 2 heterocycles. The Morgan fingerprint density at radius 1 is 1.33 bits per heavy atom. The first-order chi connectivity index (χ1) is 6.84. The summed E-state index contributed by atoms with van der Waals surface area (Å²) in [4.78, 5) is 14.1. The minimum absolute atomic E-state index is 0.0583. The number of rotatable bonds is 0. The summed E-state index contributed by atoms with van der Waals surface area (Å²) in [5.41, 5.74) is 0. The van der Waals surface area contributed by atoms with Crippen LogP contribution in [0.5, 0.6) is 0 Å². The maximum absolute atomic E-state index is 12.1. The van der Waals surface area contributed by atoms with Crippen molar-refractivity contribution in [2.75, 3.05) is 0 Å². The van der Waals surface area contributed by atoms with E-state index in [9.17, 15) is 4.79 Å². The average Bonchev–Trinajstić information content (AvgIpc) is 2.20. The van der Waals surface area contributed by atoms with Crippen LogP contribution in [-0.4, -0.2) is 26.5 Å². The highest BCUT2D eigenvalue weighted by Gasteiger charge is 2.52. The van der Waals surface area contributed by atoms with Crippen molar-refractivity contribution in [3.63, 3.8) is 0 Å². The summed E-state index contributed by atoms with van der Waals surface area (Å²) in [5.74, 6) is 0.275. The number of amides is 1. The molecule has 0 aliphatic carbocycles. The topological polar surface area (TPSA) is 20.3 Å². The molecule has 0 aromatic rings. The van der Waals surface area contributed by atoms with Gasteiger partial charge in [-0.3, -0.25) is 4.79 Å². The van der Waals surface area contributed by atoms with Crippen LogP contribution in [0.15, 0.2) is 12.2 Å². The van der Waals surface area contributed by atoms with Crippen molar-refractivity contribution in [3.05, 3.63) is 12.2 Å². The van der Waals surface area contributed by atoms with E-state index < -0.39 is 0 Å². The van der Waals surface area contributed by atoms with Gasteiger partial charge in [0.25, 0.3) is 0 Å². The molecule has 0 aromatic heterocycles. The second-order valence-corrected chi connectivity index (χ2v) is 7.60. The number of nitrogens with zero attached hydrogens (tertiary/aromatic N) is 1. The highest BCUT2D eigenvalue weighted by Crippen LogP contribution is 2.52. The molecule has 3 heteroatoms. The van der Waals surface area contributed by atoms with Gasteiger partial charge in [0.2, 0.25) is 5.91 Å². The zero-order chi connectivity index (χ0) is 11.3. The normalized spacial score (nSPS) is 32.7. The van der Waals surface area contributed by atoms with Crippen LogP contribution in [0.2, 0.25) is 0 Å². The van der Waals surface area contributed by atoms with Crippen LogP contribution >= 0.6 is 11.8 Å². The van der Waals surface area contributed by atoms with Gasteiger partial charge in [-0.1, -0.05) is 12.2 Å². The SMILES string of the molecule is CC1(C)SC(C)(C)N2C(=O)CC=CC[C@@H]21. The third-order valence-electron chi connectivity index (χ3n) is 3.29. The summed E-state index contributed by atoms with van der Waals surface area (Å²) in [6.07, 6.45) is 5.73. The van der Waals surface area contributed by atoms with Crippen molar-refractivity contribution in [2.24, 2.45) is 0 Å². The molecular weight excluding hydrogens is 206 g/mol. The van der Waals surface area contributed by atoms with E-state index >= 15 is 0 Å². The number of hydrogen-bond donors (Lipinski definition) is 0. The fraction of sp³-hybridized carbons (Fsp3) is 0.750. The molecule has 1 saturated heterocycles. The van der Waals surface area contributed by atoms with Gasteiger partial charge in [-0.25, -0.2) is 0 Å². The summed E-state index contributed by atoms with van der Waals surface area (Å²) < 4.78 is 0.161. The molecule has 2 aliphatic heterocycles. The third kappa shape index (κ3) is 1.71. The van der Waals surface area contributed by atoms with Gasteiger partial charge in [0.05, 0.1) is 10.9 Å². The average molecular weight is 225 g/mol. The van der Waals surface area contributed by atoms with Gasteiger partial charge in [-0.15, -0.1) is 11.8 Å². The van der Waals surface area contributed by atoms with Crippen LogP contribution in [0, 0.1) is 0 Å². The van der Waals surface area contributed by atoms with Crippen molar-refractivity contribution < 1.29 is 4.79 Å². The van der Waals surface area contributed by atoms with Crippen molar-refractivity contribution in [1.82, 2.24) is 4.90 Å². The van der Waals surface area contributed by atoms with E-state index in [-0.39, 0.29) is 15.5 Å². The molecule has 0 N–H and O–H groups in total. The summed E-state index contributed by atoms with van der Waals surface area (Å²) in [6, 6.07) is 0.351. The largest absolute Gasteiger partial charge is 0.324 e. The maximum atomic E-state index is 12.1. The lowest BCUT2D eigenvalue weighted by Crippen LogP contribution is -2.48. The van der Waals surface area contributed by atoms with Gasteiger partial charge in [0.1, 0.15) is 0 Å². The summed E-state index contributed by atoms with van der Waals surface area (Å²) in [5, 5.41) is 0. The standard InChI is InChI=1S/C12H19NOS/c1-11(2)9-7-5-6-8-10(14)13(9)12(3,4)15-11/h5-6,9H,7-8H2,1-4H3/t9-/m1/s1. The van der Waals surface area contributed by atoms with Crippen LogP contribution in [0.4, 0.5) is 0 Å². The Kier molecular flexibility index (Phi) is 2.41. The minimum Gasteiger partial charge on any atom is -0.324 e. The quantitative estimate of drug-likeness (QED) is 0.591. The Hall–Kier alpha value is -0.440. The molecule has 0 unspecified atom stereocenters. The van der Waals surface area contributed by atoms with E-state index in [0.29, 0.717) is 12.5 Å². The van der Waals surface area contributed by atoms with E-state index in [4.69, 9.17) is 0 Å². The Morgan fingerprint density at radius 3 is 2.67 bits per heavy atom. The van der Waals surface area contributed by atoms with Crippen molar-refractivity contribution in [2.45, 2.75) is 56.2 Å². The molecule has 15 heavy (non-hydrogen) atoms. The van der Waals surface area contributed by atoms with Crippen LogP contribution < -0.4 is 0 Å². The molecule has 2 aliphatic rings. The zero-order valence-electron chi connectivity index (χ0n) is 9.91. The van der Waals surface area contributed by atoms with E-state index in [2.05, 4.69) is 38.7 Å². The van der Waals surface area contributed by atoms with E-state index in [1.165, 1.54) is 0 Å². The summed E-state index contributed by atoms with van der Waals surface area (Å²) in [6.45, 7) is 8.80. The molecule has 2 nitrogen and oxygen atoms in total. The Morgan fingerprint density at radius 2 is 2.00 bits per heavy atom. The predicted molar refractivity (Wildman–Crippen MR) is 64.8 cm³/mol. The fourth-order valence-corrected chi connectivity index (χ4v) is 4.77. The van der Waals surface area contributed by atoms with Crippen LogP contribution in [0.1, 0.15) is 40.5 Å². The number of carbonyl (C=O) groups excluding carboxylic acids is 1. The van der Waals surface area contributed by atoms with Crippen molar-refractivity contribution >= 4 is 17.7 Å². The monoisotopic (exact) mass is 225 g/mol. The molecule has 0 aromatic carbocycles. The van der Waals surface area contributed by atoms with Crippen molar-refractivity contribution in [1.29, 1.82) is 0 Å². The number of hydrogen-bond acceptors (Lipinski definition) is 2. The van der Waals surface area contributed by atoms with Crippen LogP contribution in [0.25, 0.3) is 0 Å². The summed E-state index contributed by atoms with van der Waals surface area (Å²) in [7, 11) is 0. The van der Waals surface area contributed by atoms with E-state index in [0.717, 1.165) is 6.42 Å². The Bertz CT molecular complexity index is 320. The molecule has 0 saturated carbocycles. The first-order valence-electron chi connectivity index (χ1n) is 5.52. The first kappa shape index (κ1) is 11.1. The number of carbonyl (C=O) groups is 1. The number of fused-ring (bicyclic) bond motifs is 1. The van der Waals surface area contributed by atoms with Gasteiger partial charge >= 0.3 is 0 Å². The second kappa shape index (κ2) is 3.27. The lowest BCUT2D eigenvalue weighted by Gasteiger charge is -2.34. The minimum atomic E-state index is -0.0583. The van der Waals surface area contributed by atoms with Crippen LogP contribution in [-0.2, 0) is 4.79 Å². The summed E-state index contributed by atoms with van der Waals surface area (Å²) >= 11 is 1.91. The van der Waals surface area contributed by atoms with E-state index in [1.807, 2.05) is 17.8 Å². The molecule has 1 atom stereocenters. The first-order valence-corrected chi connectivity index (χ1v) is 6.33. The highest BCUT2D eigenvalue weighted by atomic mass is 32.2. The molecule has 0 bridgehead atoms. The molecule has 0 radical (unpaired) electrons. The van der Waals surface area contributed by atoms with Crippen LogP contribution in [0.3, 0.4) is 0 Å². The Labute approximate surface area is 96.1 Å². The molecule has 1 amide bonds.